The van der Waals surface area contributed by atoms with Gasteiger partial charge in [0.1, 0.15) is 5.75 Å². The second kappa shape index (κ2) is 17.8. The quantitative estimate of drug-likeness (QED) is 0.0912. The minimum absolute atomic E-state index is 0.0112. The smallest absolute Gasteiger partial charge is 0.305 e. The normalized spacial score (nSPS) is 10.4. The van der Waals surface area contributed by atoms with E-state index in [2.05, 4.69) is 15.3 Å². The molecule has 36 heavy (non-hydrogen) atoms. The summed E-state index contributed by atoms with van der Waals surface area (Å²) in [5.41, 5.74) is 10.3. The number of aliphatic carboxylic acids is 1. The maximum Gasteiger partial charge on any atom is 0.305 e. The lowest BCUT2D eigenvalue weighted by Crippen LogP contribution is -2.14. The Kier molecular flexibility index (Phi) is 14.1. The fraction of sp³-hybridized carbons (Fsp3) is 0.440. The van der Waals surface area contributed by atoms with Crippen LogP contribution in [0.4, 0.5) is 5.69 Å². The Morgan fingerprint density at radius 3 is 2.03 bits per heavy atom. The SMILES string of the molecule is [N-]=[N+]=NCCCOc1ccc(C(=O)c2ccc(NCCOCCOCCOCCC(=O)O)cc2)cc1. The van der Waals surface area contributed by atoms with Crippen LogP contribution in [0.2, 0.25) is 0 Å². The molecule has 11 nitrogen and oxygen atoms in total. The van der Waals surface area contributed by atoms with Gasteiger partial charge in [-0.3, -0.25) is 9.59 Å². The first-order valence-electron chi connectivity index (χ1n) is 11.7. The molecular formula is C25H32N4O7. The number of benzene rings is 2. The van der Waals surface area contributed by atoms with Crippen molar-refractivity contribution < 1.29 is 33.6 Å². The molecule has 0 aliphatic rings. The molecule has 0 aliphatic heterocycles. The number of azide groups is 1. The van der Waals surface area contributed by atoms with E-state index in [1.807, 2.05) is 12.1 Å². The molecule has 0 aromatic heterocycles. The molecule has 0 heterocycles. The average molecular weight is 501 g/mol. The van der Waals surface area contributed by atoms with Crippen molar-refractivity contribution in [2.45, 2.75) is 12.8 Å². The number of carbonyl (C=O) groups is 2. The van der Waals surface area contributed by atoms with Gasteiger partial charge in [-0.15, -0.1) is 0 Å². The molecule has 2 rings (SSSR count). The van der Waals surface area contributed by atoms with Crippen LogP contribution in [0.25, 0.3) is 10.4 Å². The predicted octanol–water partition coefficient (Wildman–Crippen LogP) is 3.93. The van der Waals surface area contributed by atoms with E-state index in [-0.39, 0.29) is 18.8 Å². The molecule has 0 unspecified atom stereocenters. The van der Waals surface area contributed by atoms with Crippen LogP contribution in [0.15, 0.2) is 53.6 Å². The van der Waals surface area contributed by atoms with Crippen molar-refractivity contribution in [1.29, 1.82) is 0 Å². The highest BCUT2D eigenvalue weighted by molar-refractivity contribution is 6.09. The summed E-state index contributed by atoms with van der Waals surface area (Å²) in [5, 5.41) is 15.2. The third kappa shape index (κ3) is 12.2. The molecule has 11 heteroatoms. The van der Waals surface area contributed by atoms with Gasteiger partial charge < -0.3 is 29.4 Å². The van der Waals surface area contributed by atoms with Gasteiger partial charge >= 0.3 is 5.97 Å². The number of nitrogens with zero attached hydrogens (tertiary/aromatic N) is 3. The van der Waals surface area contributed by atoms with Crippen molar-refractivity contribution in [2.75, 3.05) is 64.7 Å². The summed E-state index contributed by atoms with van der Waals surface area (Å²) in [6.07, 6.45) is 0.614. The first-order chi connectivity index (χ1) is 17.6. The number of carboxylic acids is 1. The number of ketones is 1. The largest absolute Gasteiger partial charge is 0.494 e. The number of hydrogen-bond acceptors (Lipinski definition) is 8. The van der Waals surface area contributed by atoms with Crippen molar-refractivity contribution in [3.63, 3.8) is 0 Å². The Bertz CT molecular complexity index is 961. The Balaban J connectivity index is 1.58. The first-order valence-corrected chi connectivity index (χ1v) is 11.7. The molecule has 0 saturated carbocycles. The van der Waals surface area contributed by atoms with Crippen LogP contribution in [0, 0.1) is 0 Å². The van der Waals surface area contributed by atoms with Gasteiger partial charge in [0.2, 0.25) is 0 Å². The van der Waals surface area contributed by atoms with E-state index in [0.717, 1.165) is 5.69 Å². The van der Waals surface area contributed by atoms with Crippen molar-refractivity contribution in [3.8, 4) is 5.75 Å². The van der Waals surface area contributed by atoms with Crippen LogP contribution in [-0.2, 0) is 19.0 Å². The lowest BCUT2D eigenvalue weighted by Gasteiger charge is -2.09. The maximum absolute atomic E-state index is 12.7. The van der Waals surface area contributed by atoms with E-state index < -0.39 is 5.97 Å². The minimum Gasteiger partial charge on any atom is -0.494 e. The molecule has 0 radical (unpaired) electrons. The maximum atomic E-state index is 12.7. The molecule has 0 bridgehead atoms. The number of anilines is 1. The molecule has 0 saturated heterocycles. The van der Waals surface area contributed by atoms with Crippen LogP contribution >= 0.6 is 0 Å². The second-order valence-electron chi connectivity index (χ2n) is 7.49. The Labute approximate surface area is 209 Å². The van der Waals surface area contributed by atoms with Crippen LogP contribution in [-0.4, -0.2) is 76.2 Å². The summed E-state index contributed by atoms with van der Waals surface area (Å²) in [5.74, 6) is -0.303. The number of ether oxygens (including phenoxy) is 4. The third-order valence-electron chi connectivity index (χ3n) is 4.78. The Morgan fingerprint density at radius 2 is 1.42 bits per heavy atom. The molecular weight excluding hydrogens is 468 g/mol. The summed E-state index contributed by atoms with van der Waals surface area (Å²) in [7, 11) is 0. The standard InChI is InChI=1S/C25H32N4O7/c26-29-28-11-1-13-36-23-8-4-21(5-9-23)25(32)20-2-6-22(7-3-20)27-12-15-34-17-19-35-18-16-33-14-10-24(30)31/h2-9,27H,1,10-19H2,(H,30,31). The monoisotopic (exact) mass is 500 g/mol. The van der Waals surface area contributed by atoms with E-state index in [1.54, 1.807) is 36.4 Å². The zero-order valence-electron chi connectivity index (χ0n) is 20.1. The van der Waals surface area contributed by atoms with E-state index in [4.69, 9.17) is 29.6 Å². The number of nitrogens with one attached hydrogen (secondary N) is 1. The lowest BCUT2D eigenvalue weighted by molar-refractivity contribution is -0.138. The summed E-state index contributed by atoms with van der Waals surface area (Å²) in [6, 6.07) is 14.2. The van der Waals surface area contributed by atoms with Crippen LogP contribution < -0.4 is 10.1 Å². The van der Waals surface area contributed by atoms with Gasteiger partial charge in [-0.05, 0) is 60.5 Å². The van der Waals surface area contributed by atoms with Gasteiger partial charge in [0, 0.05) is 34.8 Å². The summed E-state index contributed by atoms with van der Waals surface area (Å²) < 4.78 is 21.5. The topological polar surface area (TPSA) is 152 Å². The van der Waals surface area contributed by atoms with Gasteiger partial charge in [-0.1, -0.05) is 5.11 Å². The van der Waals surface area contributed by atoms with Crippen molar-refractivity contribution in [2.24, 2.45) is 5.11 Å². The van der Waals surface area contributed by atoms with Gasteiger partial charge in [0.05, 0.1) is 52.7 Å². The predicted molar refractivity (Wildman–Crippen MR) is 134 cm³/mol. The highest BCUT2D eigenvalue weighted by Crippen LogP contribution is 2.17. The molecule has 194 valence electrons. The lowest BCUT2D eigenvalue weighted by atomic mass is 10.0. The summed E-state index contributed by atoms with van der Waals surface area (Å²) >= 11 is 0. The van der Waals surface area contributed by atoms with Crippen LogP contribution in [0.3, 0.4) is 0 Å². The van der Waals surface area contributed by atoms with Crippen LogP contribution in [0.1, 0.15) is 28.8 Å². The molecule has 0 spiro atoms. The van der Waals surface area contributed by atoms with Gasteiger partial charge in [0.15, 0.2) is 5.78 Å². The van der Waals surface area contributed by atoms with Crippen LogP contribution in [0.5, 0.6) is 5.75 Å². The molecule has 2 aromatic carbocycles. The van der Waals surface area contributed by atoms with Gasteiger partial charge in [-0.25, -0.2) is 0 Å². The van der Waals surface area contributed by atoms with Crippen molar-refractivity contribution >= 4 is 17.4 Å². The second-order valence-corrected chi connectivity index (χ2v) is 7.49. The summed E-state index contributed by atoms with van der Waals surface area (Å²) in [6.45, 7) is 3.74. The summed E-state index contributed by atoms with van der Waals surface area (Å²) in [4.78, 5) is 25.8. The van der Waals surface area contributed by atoms with E-state index >= 15 is 0 Å². The Hall–Kier alpha value is -3.63. The molecule has 0 amide bonds. The molecule has 0 atom stereocenters. The number of hydrogen-bond donors (Lipinski definition) is 2. The van der Waals surface area contributed by atoms with Crippen molar-refractivity contribution in [3.05, 3.63) is 70.1 Å². The average Bonchev–Trinajstić information content (AvgIpc) is 2.89. The minimum atomic E-state index is -0.881. The van der Waals surface area contributed by atoms with Gasteiger partial charge in [-0.2, -0.15) is 0 Å². The fourth-order valence-electron chi connectivity index (χ4n) is 2.95. The molecule has 2 aromatic rings. The first kappa shape index (κ1) is 28.6. The van der Waals surface area contributed by atoms with E-state index in [9.17, 15) is 9.59 Å². The Morgan fingerprint density at radius 1 is 0.833 bits per heavy atom. The fourth-order valence-corrected chi connectivity index (χ4v) is 2.95. The highest BCUT2D eigenvalue weighted by atomic mass is 16.5. The molecule has 2 N–H and O–H groups in total. The van der Waals surface area contributed by atoms with Gasteiger partial charge in [0.25, 0.3) is 0 Å². The number of carbonyl (C=O) groups excluding carboxylic acids is 1. The zero-order chi connectivity index (χ0) is 25.8. The molecule has 0 aliphatic carbocycles. The highest BCUT2D eigenvalue weighted by Gasteiger charge is 2.09. The zero-order valence-corrected chi connectivity index (χ0v) is 20.1. The van der Waals surface area contributed by atoms with Crippen molar-refractivity contribution in [1.82, 2.24) is 0 Å². The van der Waals surface area contributed by atoms with E-state index in [1.165, 1.54) is 0 Å². The molecule has 0 fully saturated rings. The van der Waals surface area contributed by atoms with E-state index in [0.29, 0.717) is 76.0 Å². The number of rotatable bonds is 20. The number of carboxylic acid groups (broad SMARTS) is 1. The third-order valence-corrected chi connectivity index (χ3v) is 4.78.